The molecule has 2 rings (SSSR count). The second-order valence-corrected chi connectivity index (χ2v) is 4.99. The molecule has 1 aliphatic heterocycles. The van der Waals surface area contributed by atoms with Gasteiger partial charge in [0.25, 0.3) is 0 Å². The summed E-state index contributed by atoms with van der Waals surface area (Å²) in [5.74, 6) is 0.883. The first-order chi connectivity index (χ1) is 8.54. The number of carbonyl (C=O) groups excluding carboxylic acids is 1. The fraction of sp³-hybridized carbons (Fsp3) is 0.500. The average molecular weight is 249 g/mol. The zero-order valence-corrected chi connectivity index (χ0v) is 10.8. The van der Waals surface area contributed by atoms with Crippen LogP contribution in [0.3, 0.4) is 0 Å². The van der Waals surface area contributed by atoms with Gasteiger partial charge in [-0.1, -0.05) is 0 Å². The second-order valence-electron chi connectivity index (χ2n) is 4.99. The summed E-state index contributed by atoms with van der Waals surface area (Å²) in [6, 6.07) is 5.62. The number of benzene rings is 1. The minimum atomic E-state index is -0.161. The first-order valence-corrected chi connectivity index (χ1v) is 6.25. The second kappa shape index (κ2) is 5.29. The van der Waals surface area contributed by atoms with Crippen molar-refractivity contribution in [3.05, 3.63) is 23.8 Å². The van der Waals surface area contributed by atoms with Crippen molar-refractivity contribution in [1.29, 1.82) is 0 Å². The van der Waals surface area contributed by atoms with E-state index in [1.807, 2.05) is 32.0 Å². The summed E-state index contributed by atoms with van der Waals surface area (Å²) >= 11 is 0. The van der Waals surface area contributed by atoms with E-state index >= 15 is 0 Å². The highest BCUT2D eigenvalue weighted by atomic mass is 16.5. The van der Waals surface area contributed by atoms with E-state index in [-0.39, 0.29) is 18.0 Å². The van der Waals surface area contributed by atoms with Crippen molar-refractivity contribution in [2.24, 2.45) is 5.92 Å². The lowest BCUT2D eigenvalue weighted by Gasteiger charge is -2.25. The van der Waals surface area contributed by atoms with Crippen molar-refractivity contribution in [1.82, 2.24) is 0 Å². The Kier molecular flexibility index (Phi) is 3.75. The topological polar surface area (TPSA) is 61.5 Å². The van der Waals surface area contributed by atoms with Crippen molar-refractivity contribution in [2.45, 2.75) is 32.8 Å². The Balaban J connectivity index is 1.97. The van der Waals surface area contributed by atoms with Crippen LogP contribution in [0, 0.1) is 5.92 Å². The summed E-state index contributed by atoms with van der Waals surface area (Å²) in [6.07, 6.45) is 1.14. The number of ether oxygens (including phenoxy) is 2. The summed E-state index contributed by atoms with van der Waals surface area (Å²) in [7, 11) is 0. The maximum absolute atomic E-state index is 11.6. The summed E-state index contributed by atoms with van der Waals surface area (Å²) in [6.45, 7) is 4.26. The maximum Gasteiger partial charge on any atom is 0.306 e. The zero-order valence-electron chi connectivity index (χ0n) is 10.8. The fourth-order valence-electron chi connectivity index (χ4n) is 2.16. The molecule has 4 heteroatoms. The standard InChI is InChI=1S/C14H19NO3/c1-9(2)18-14(16)6-10-5-11-7-12(15)3-4-13(11)17-8-10/h3-4,7,9-10H,5-6,8,15H2,1-2H3. The number of anilines is 1. The molecule has 2 N–H and O–H groups in total. The van der Waals surface area contributed by atoms with E-state index in [0.29, 0.717) is 13.0 Å². The van der Waals surface area contributed by atoms with Crippen LogP contribution in [-0.2, 0) is 16.0 Å². The van der Waals surface area contributed by atoms with Crippen molar-refractivity contribution < 1.29 is 14.3 Å². The quantitative estimate of drug-likeness (QED) is 0.658. The van der Waals surface area contributed by atoms with Gasteiger partial charge in [-0.3, -0.25) is 4.79 Å². The SMILES string of the molecule is CC(C)OC(=O)CC1COc2ccc(N)cc2C1. The van der Waals surface area contributed by atoms with Crippen molar-refractivity contribution in [3.63, 3.8) is 0 Å². The molecule has 0 saturated heterocycles. The Hall–Kier alpha value is -1.71. The van der Waals surface area contributed by atoms with Gasteiger partial charge in [0.1, 0.15) is 5.75 Å². The Labute approximate surface area is 107 Å². The molecule has 1 aromatic rings. The summed E-state index contributed by atoms with van der Waals surface area (Å²) < 4.78 is 10.8. The first-order valence-electron chi connectivity index (χ1n) is 6.25. The summed E-state index contributed by atoms with van der Waals surface area (Å²) in [5, 5.41) is 0. The van der Waals surface area contributed by atoms with E-state index in [2.05, 4.69) is 0 Å². The van der Waals surface area contributed by atoms with E-state index in [0.717, 1.165) is 23.4 Å². The minimum absolute atomic E-state index is 0.0649. The summed E-state index contributed by atoms with van der Waals surface area (Å²) in [4.78, 5) is 11.6. The largest absolute Gasteiger partial charge is 0.493 e. The predicted octanol–water partition coefficient (Wildman–Crippen LogP) is 2.16. The molecule has 0 aromatic heterocycles. The normalized spacial score (nSPS) is 18.1. The smallest absolute Gasteiger partial charge is 0.306 e. The molecule has 18 heavy (non-hydrogen) atoms. The van der Waals surface area contributed by atoms with Crippen molar-refractivity contribution in [2.75, 3.05) is 12.3 Å². The number of esters is 1. The van der Waals surface area contributed by atoms with Crippen LogP contribution in [0.25, 0.3) is 0 Å². The van der Waals surface area contributed by atoms with Crippen LogP contribution in [0.15, 0.2) is 18.2 Å². The molecule has 0 spiro atoms. The summed E-state index contributed by atoms with van der Waals surface area (Å²) in [5.41, 5.74) is 7.54. The van der Waals surface area contributed by atoms with Crippen LogP contribution >= 0.6 is 0 Å². The number of rotatable bonds is 3. The number of hydrogen-bond donors (Lipinski definition) is 1. The van der Waals surface area contributed by atoms with Gasteiger partial charge in [0, 0.05) is 11.6 Å². The van der Waals surface area contributed by atoms with E-state index in [4.69, 9.17) is 15.2 Å². The third-order valence-corrected chi connectivity index (χ3v) is 2.89. The molecular formula is C14H19NO3. The zero-order chi connectivity index (χ0) is 13.1. The molecule has 98 valence electrons. The number of nitrogens with two attached hydrogens (primary N) is 1. The third-order valence-electron chi connectivity index (χ3n) is 2.89. The van der Waals surface area contributed by atoms with E-state index in [9.17, 15) is 4.79 Å². The van der Waals surface area contributed by atoms with Gasteiger partial charge in [-0.2, -0.15) is 0 Å². The van der Waals surface area contributed by atoms with E-state index < -0.39 is 0 Å². The van der Waals surface area contributed by atoms with Gasteiger partial charge in [0.2, 0.25) is 0 Å². The van der Waals surface area contributed by atoms with Gasteiger partial charge < -0.3 is 15.2 Å². The van der Waals surface area contributed by atoms with Gasteiger partial charge in [-0.15, -0.1) is 0 Å². The molecular weight excluding hydrogens is 230 g/mol. The monoisotopic (exact) mass is 249 g/mol. The molecule has 1 unspecified atom stereocenters. The third kappa shape index (κ3) is 3.15. The number of nitrogen functional groups attached to an aromatic ring is 1. The van der Waals surface area contributed by atoms with E-state index in [1.165, 1.54) is 0 Å². The molecule has 1 heterocycles. The van der Waals surface area contributed by atoms with Crippen LogP contribution in [-0.4, -0.2) is 18.7 Å². The molecule has 0 radical (unpaired) electrons. The van der Waals surface area contributed by atoms with Crippen LogP contribution < -0.4 is 10.5 Å². The lowest BCUT2D eigenvalue weighted by Crippen LogP contribution is -2.25. The number of carbonyl (C=O) groups is 1. The molecule has 0 saturated carbocycles. The Morgan fingerprint density at radius 1 is 1.56 bits per heavy atom. The molecule has 1 aliphatic rings. The number of hydrogen-bond acceptors (Lipinski definition) is 4. The van der Waals surface area contributed by atoms with Gasteiger partial charge in [-0.05, 0) is 44.0 Å². The lowest BCUT2D eigenvalue weighted by atomic mass is 9.94. The number of fused-ring (bicyclic) bond motifs is 1. The molecule has 0 fully saturated rings. The predicted molar refractivity (Wildman–Crippen MR) is 69.4 cm³/mol. The Morgan fingerprint density at radius 3 is 3.06 bits per heavy atom. The molecule has 0 aliphatic carbocycles. The molecule has 1 atom stereocenters. The molecule has 0 bridgehead atoms. The average Bonchev–Trinajstić information content (AvgIpc) is 2.27. The van der Waals surface area contributed by atoms with Gasteiger partial charge >= 0.3 is 5.97 Å². The molecule has 4 nitrogen and oxygen atoms in total. The van der Waals surface area contributed by atoms with Crippen molar-refractivity contribution >= 4 is 11.7 Å². The van der Waals surface area contributed by atoms with Crippen molar-refractivity contribution in [3.8, 4) is 5.75 Å². The van der Waals surface area contributed by atoms with Gasteiger partial charge in [0.15, 0.2) is 0 Å². The van der Waals surface area contributed by atoms with Crippen LogP contribution in [0.4, 0.5) is 5.69 Å². The Bertz CT molecular complexity index is 443. The highest BCUT2D eigenvalue weighted by molar-refractivity contribution is 5.70. The molecule has 1 aromatic carbocycles. The Morgan fingerprint density at radius 2 is 2.33 bits per heavy atom. The van der Waals surface area contributed by atoms with Crippen LogP contribution in [0.2, 0.25) is 0 Å². The van der Waals surface area contributed by atoms with E-state index in [1.54, 1.807) is 0 Å². The fourth-order valence-corrected chi connectivity index (χ4v) is 2.16. The van der Waals surface area contributed by atoms with Crippen LogP contribution in [0.5, 0.6) is 5.75 Å². The van der Waals surface area contributed by atoms with Crippen LogP contribution in [0.1, 0.15) is 25.8 Å². The highest BCUT2D eigenvalue weighted by Crippen LogP contribution is 2.30. The highest BCUT2D eigenvalue weighted by Gasteiger charge is 2.23. The van der Waals surface area contributed by atoms with Gasteiger partial charge in [0.05, 0.1) is 19.1 Å². The molecule has 0 amide bonds. The minimum Gasteiger partial charge on any atom is -0.493 e. The first kappa shape index (κ1) is 12.7. The van der Waals surface area contributed by atoms with Gasteiger partial charge in [-0.25, -0.2) is 0 Å². The maximum atomic E-state index is 11.6. The lowest BCUT2D eigenvalue weighted by molar-refractivity contribution is -0.148.